The Morgan fingerprint density at radius 2 is 1.32 bits per heavy atom. The van der Waals surface area contributed by atoms with Gasteiger partial charge in [-0.05, 0) is 27.7 Å². The van der Waals surface area contributed by atoms with Crippen LogP contribution in [0, 0.1) is 0 Å². The van der Waals surface area contributed by atoms with E-state index in [9.17, 15) is 9.13 Å². The molecule has 0 amide bonds. The van der Waals surface area contributed by atoms with Gasteiger partial charge in [-0.1, -0.05) is 22.6 Å². The smallest absolute Gasteiger partial charge is 0.338 e. The molecule has 1 rings (SSSR count). The van der Waals surface area contributed by atoms with E-state index in [1.54, 1.807) is 34.0 Å². The summed E-state index contributed by atoms with van der Waals surface area (Å²) in [4.78, 5) is 0. The third-order valence-corrected chi connectivity index (χ3v) is 8.01. The average Bonchev–Trinajstić information content (AvgIpc) is 2.89. The van der Waals surface area contributed by atoms with E-state index >= 15 is 0 Å². The van der Waals surface area contributed by atoms with Gasteiger partial charge in [-0.2, -0.15) is 0 Å². The highest BCUT2D eigenvalue weighted by atomic mass is 127. The lowest BCUT2D eigenvalue weighted by Gasteiger charge is -2.19. The molecule has 0 aliphatic carbocycles. The predicted molar refractivity (Wildman–Crippen MR) is 106 cm³/mol. The molecule has 7 nitrogen and oxygen atoms in total. The third-order valence-electron chi connectivity index (χ3n) is 3.20. The molecule has 25 heavy (non-hydrogen) atoms. The average molecular weight is 508 g/mol. The van der Waals surface area contributed by atoms with Crippen LogP contribution in [0.15, 0.2) is 10.7 Å². The van der Waals surface area contributed by atoms with Crippen molar-refractivity contribution in [3.05, 3.63) is 23.2 Å². The van der Waals surface area contributed by atoms with Crippen molar-refractivity contribution in [1.82, 2.24) is 0 Å². The quantitative estimate of drug-likeness (QED) is 0.191. The second kappa shape index (κ2) is 11.2. The van der Waals surface area contributed by atoms with E-state index in [0.29, 0.717) is 15.8 Å². The molecule has 10 heteroatoms. The van der Waals surface area contributed by atoms with Crippen molar-refractivity contribution in [3.63, 3.8) is 0 Å². The highest BCUT2D eigenvalue weighted by molar-refractivity contribution is 14.1. The molecule has 0 aliphatic heterocycles. The summed E-state index contributed by atoms with van der Waals surface area (Å²) in [6.45, 7) is 8.12. The molecule has 0 spiro atoms. The maximum Gasteiger partial charge on any atom is 0.338 e. The van der Waals surface area contributed by atoms with Crippen LogP contribution in [-0.4, -0.2) is 26.4 Å². The van der Waals surface area contributed by atoms with Crippen LogP contribution in [0.1, 0.15) is 44.6 Å². The fraction of sp³-hybridized carbons (Fsp3) is 0.733. The van der Waals surface area contributed by atoms with Gasteiger partial charge >= 0.3 is 15.2 Å². The van der Waals surface area contributed by atoms with E-state index in [0.717, 1.165) is 5.56 Å². The molecule has 1 aromatic rings. The summed E-state index contributed by atoms with van der Waals surface area (Å²) in [5, 5.41) is 0. The SMILES string of the molecule is CCOP(=O)(Cc1occ(CI)c1CP(=O)(OCC)OCC)OCC. The molecular weight excluding hydrogens is 481 g/mol. The normalized spacial score (nSPS) is 12.7. The van der Waals surface area contributed by atoms with E-state index in [-0.39, 0.29) is 38.8 Å². The monoisotopic (exact) mass is 508 g/mol. The lowest BCUT2D eigenvalue weighted by Crippen LogP contribution is -2.04. The Morgan fingerprint density at radius 1 is 0.880 bits per heavy atom. The topological polar surface area (TPSA) is 84.2 Å². The highest BCUT2D eigenvalue weighted by Crippen LogP contribution is 2.56. The predicted octanol–water partition coefficient (Wildman–Crippen LogP) is 5.75. The molecular formula is C15H27IO7P2. The molecule has 1 aromatic heterocycles. The molecule has 1 heterocycles. The summed E-state index contributed by atoms with van der Waals surface area (Å²) in [5.41, 5.74) is 1.56. The fourth-order valence-corrected chi connectivity index (χ4v) is 6.42. The van der Waals surface area contributed by atoms with Gasteiger partial charge in [-0.3, -0.25) is 9.13 Å². The van der Waals surface area contributed by atoms with E-state index < -0.39 is 15.2 Å². The summed E-state index contributed by atoms with van der Waals surface area (Å²) in [6.07, 6.45) is 1.64. The number of hydrogen-bond donors (Lipinski definition) is 0. The zero-order valence-corrected chi connectivity index (χ0v) is 19.1. The standard InChI is InChI=1S/C15H27IO7P2/c1-5-20-24(17,21-6-2)11-14-13(9-16)10-19-15(14)12-25(18,22-7-3)23-8-4/h10H,5-9,11-12H2,1-4H3. The minimum atomic E-state index is -3.33. The third kappa shape index (κ3) is 7.09. The molecule has 0 N–H and O–H groups in total. The van der Waals surface area contributed by atoms with Gasteiger partial charge in [0, 0.05) is 15.6 Å². The maximum absolute atomic E-state index is 12.9. The van der Waals surface area contributed by atoms with E-state index in [4.69, 9.17) is 22.5 Å². The summed E-state index contributed by atoms with van der Waals surface area (Å²) in [7, 11) is -6.64. The van der Waals surface area contributed by atoms with Crippen LogP contribution in [0.25, 0.3) is 0 Å². The van der Waals surface area contributed by atoms with Gasteiger partial charge in [0.2, 0.25) is 0 Å². The van der Waals surface area contributed by atoms with Gasteiger partial charge in [-0.25, -0.2) is 0 Å². The van der Waals surface area contributed by atoms with Crippen molar-refractivity contribution in [2.45, 2.75) is 44.4 Å². The zero-order valence-electron chi connectivity index (χ0n) is 15.2. The van der Waals surface area contributed by atoms with Crippen molar-refractivity contribution < 1.29 is 31.6 Å². The van der Waals surface area contributed by atoms with Gasteiger partial charge in [0.25, 0.3) is 0 Å². The van der Waals surface area contributed by atoms with E-state index in [2.05, 4.69) is 22.6 Å². The molecule has 0 unspecified atom stereocenters. The second-order valence-corrected chi connectivity index (χ2v) is 9.88. The van der Waals surface area contributed by atoms with Gasteiger partial charge in [-0.15, -0.1) is 0 Å². The van der Waals surface area contributed by atoms with Crippen molar-refractivity contribution in [3.8, 4) is 0 Å². The first-order chi connectivity index (χ1) is 11.9. The summed E-state index contributed by atoms with van der Waals surface area (Å²) < 4.78 is 53.4. The van der Waals surface area contributed by atoms with Crippen molar-refractivity contribution >= 4 is 37.8 Å². The summed E-state index contributed by atoms with van der Waals surface area (Å²) in [6, 6.07) is 0. The minimum absolute atomic E-state index is 0.0150. The van der Waals surface area contributed by atoms with Gasteiger partial charge in [0.1, 0.15) is 11.9 Å². The first kappa shape index (κ1) is 23.3. The first-order valence-electron chi connectivity index (χ1n) is 8.27. The van der Waals surface area contributed by atoms with E-state index in [1.807, 2.05) is 0 Å². The second-order valence-electron chi connectivity index (χ2n) is 5.01. The number of rotatable bonds is 13. The van der Waals surface area contributed by atoms with Crippen molar-refractivity contribution in [1.29, 1.82) is 0 Å². The molecule has 0 atom stereocenters. The molecule has 0 radical (unpaired) electrons. The van der Waals surface area contributed by atoms with Crippen LogP contribution in [0.3, 0.4) is 0 Å². The fourth-order valence-electron chi connectivity index (χ4n) is 2.31. The Labute approximate surface area is 163 Å². The molecule has 0 saturated heterocycles. The van der Waals surface area contributed by atoms with Crippen LogP contribution in [0.5, 0.6) is 0 Å². The Bertz CT molecular complexity index is 597. The zero-order chi connectivity index (χ0) is 18.9. The van der Waals surface area contributed by atoms with Crippen LogP contribution < -0.4 is 0 Å². The summed E-state index contributed by atoms with van der Waals surface area (Å²) in [5.74, 6) is 0.441. The number of halogens is 1. The Hall–Kier alpha value is 0.310. The Kier molecular flexibility index (Phi) is 10.5. The maximum atomic E-state index is 12.9. The Morgan fingerprint density at radius 3 is 1.72 bits per heavy atom. The van der Waals surface area contributed by atoms with Crippen LogP contribution in [-0.2, 0) is 44.0 Å². The number of furan rings is 1. The molecule has 0 fully saturated rings. The van der Waals surface area contributed by atoms with Gasteiger partial charge in [0.05, 0.1) is 38.9 Å². The lowest BCUT2D eigenvalue weighted by atomic mass is 10.2. The minimum Gasteiger partial charge on any atom is -0.468 e. The van der Waals surface area contributed by atoms with E-state index in [1.165, 1.54) is 0 Å². The Balaban J connectivity index is 3.16. The molecule has 0 bridgehead atoms. The summed E-state index contributed by atoms with van der Waals surface area (Å²) >= 11 is 2.19. The lowest BCUT2D eigenvalue weighted by molar-refractivity contribution is 0.215. The van der Waals surface area contributed by atoms with Gasteiger partial charge in [0.15, 0.2) is 0 Å². The van der Waals surface area contributed by atoms with Crippen LogP contribution in [0.4, 0.5) is 0 Å². The number of alkyl halides is 1. The van der Waals surface area contributed by atoms with Gasteiger partial charge < -0.3 is 22.5 Å². The van der Waals surface area contributed by atoms with Crippen molar-refractivity contribution in [2.75, 3.05) is 26.4 Å². The first-order valence-corrected chi connectivity index (χ1v) is 13.2. The molecule has 0 aliphatic rings. The molecule has 146 valence electrons. The molecule has 0 aromatic carbocycles. The molecule has 0 saturated carbocycles. The number of hydrogen-bond acceptors (Lipinski definition) is 7. The largest absolute Gasteiger partial charge is 0.468 e. The van der Waals surface area contributed by atoms with Crippen molar-refractivity contribution in [2.24, 2.45) is 0 Å². The van der Waals surface area contributed by atoms with Crippen LogP contribution >= 0.6 is 37.8 Å². The van der Waals surface area contributed by atoms with Crippen LogP contribution in [0.2, 0.25) is 0 Å². The highest BCUT2D eigenvalue weighted by Gasteiger charge is 2.33.